The van der Waals surface area contributed by atoms with Gasteiger partial charge in [0.1, 0.15) is 5.83 Å². The van der Waals surface area contributed by atoms with Crippen LogP contribution in [0.1, 0.15) is 12.8 Å². The maximum atomic E-state index is 12.7. The van der Waals surface area contributed by atoms with E-state index in [9.17, 15) is 4.39 Å². The molecule has 1 N–H and O–H groups in total. The van der Waals surface area contributed by atoms with Gasteiger partial charge in [-0.05, 0) is 25.0 Å². The van der Waals surface area contributed by atoms with Gasteiger partial charge in [-0.15, -0.1) is 0 Å². The fraction of sp³-hybridized carbons (Fsp3) is 0.714. The molecule has 0 aromatic heterocycles. The summed E-state index contributed by atoms with van der Waals surface area (Å²) in [5, 5.41) is 8.48. The van der Waals surface area contributed by atoms with Crippen molar-refractivity contribution in [3.05, 3.63) is 11.4 Å². The van der Waals surface area contributed by atoms with Gasteiger partial charge in [0.15, 0.2) is 7.98 Å². The van der Waals surface area contributed by atoms with Crippen molar-refractivity contribution in [1.29, 1.82) is 0 Å². The van der Waals surface area contributed by atoms with Crippen molar-refractivity contribution in [3.63, 3.8) is 0 Å². The van der Waals surface area contributed by atoms with Gasteiger partial charge in [0.05, 0.1) is 6.61 Å². The maximum Gasteiger partial charge on any atom is 0.182 e. The molecule has 0 atom stereocenters. The Hall–Kier alpha value is -0.345. The second-order valence-electron chi connectivity index (χ2n) is 2.74. The van der Waals surface area contributed by atoms with Crippen LogP contribution in [0.4, 0.5) is 4.39 Å². The number of hydrogen-bond acceptors (Lipinski definition) is 2. The Kier molecular flexibility index (Phi) is 3.08. The number of piperidine rings is 1. The fourth-order valence-electron chi connectivity index (χ4n) is 1.23. The molecule has 0 spiro atoms. The van der Waals surface area contributed by atoms with Crippen molar-refractivity contribution in [3.8, 4) is 0 Å². The normalized spacial score (nSPS) is 25.3. The third-order valence-corrected chi connectivity index (χ3v) is 1.84. The smallest absolute Gasteiger partial charge is 0.182 e. The van der Waals surface area contributed by atoms with E-state index in [1.807, 2.05) is 0 Å². The lowest BCUT2D eigenvalue weighted by molar-refractivity contribution is 0.289. The van der Waals surface area contributed by atoms with Gasteiger partial charge in [0.25, 0.3) is 0 Å². The maximum absolute atomic E-state index is 12.7. The third-order valence-electron chi connectivity index (χ3n) is 1.84. The summed E-state index contributed by atoms with van der Waals surface area (Å²) in [6, 6.07) is 0. The molecule has 11 heavy (non-hydrogen) atoms. The van der Waals surface area contributed by atoms with Crippen molar-refractivity contribution in [2.75, 3.05) is 19.7 Å². The summed E-state index contributed by atoms with van der Waals surface area (Å²) in [7, 11) is 5.47. The van der Waals surface area contributed by atoms with Crippen LogP contribution in [-0.4, -0.2) is 37.6 Å². The summed E-state index contributed by atoms with van der Waals surface area (Å²) in [5.41, 5.74) is 0.640. The Balaban J connectivity index is 2.58. The van der Waals surface area contributed by atoms with Gasteiger partial charge in [-0.3, -0.25) is 0 Å². The molecule has 0 amide bonds. The van der Waals surface area contributed by atoms with Crippen LogP contribution >= 0.6 is 0 Å². The van der Waals surface area contributed by atoms with Crippen LogP contribution in [0, 0.1) is 0 Å². The topological polar surface area (TPSA) is 23.5 Å². The van der Waals surface area contributed by atoms with E-state index in [1.165, 1.54) is 0 Å². The van der Waals surface area contributed by atoms with E-state index in [0.29, 0.717) is 12.1 Å². The largest absolute Gasteiger partial charge is 0.389 e. The molecule has 2 nitrogen and oxygen atoms in total. The molecule has 1 aliphatic rings. The minimum absolute atomic E-state index is 0.417. The quantitative estimate of drug-likeness (QED) is 0.553. The summed E-state index contributed by atoms with van der Waals surface area (Å²) in [6.45, 7) is 0.762. The first-order valence-electron chi connectivity index (χ1n) is 3.71. The molecule has 2 radical (unpaired) electrons. The van der Waals surface area contributed by atoms with Gasteiger partial charge in [-0.1, -0.05) is 0 Å². The van der Waals surface area contributed by atoms with E-state index in [4.69, 9.17) is 13.1 Å². The first-order valence-corrected chi connectivity index (χ1v) is 3.71. The molecule has 1 aliphatic heterocycles. The van der Waals surface area contributed by atoms with Gasteiger partial charge in [0.2, 0.25) is 0 Å². The zero-order valence-corrected chi connectivity index (χ0v) is 6.39. The van der Waals surface area contributed by atoms with E-state index in [0.717, 1.165) is 19.4 Å². The average Bonchev–Trinajstić information content (AvgIpc) is 2.03. The van der Waals surface area contributed by atoms with Gasteiger partial charge < -0.3 is 9.92 Å². The highest BCUT2D eigenvalue weighted by atomic mass is 19.1. The number of halogens is 1. The number of nitrogens with zero attached hydrogens (tertiary/aromatic N) is 1. The summed E-state index contributed by atoms with van der Waals surface area (Å²) in [4.78, 5) is 1.56. The van der Waals surface area contributed by atoms with E-state index in [2.05, 4.69) is 0 Å². The average molecular weight is 155 g/mol. The SMILES string of the molecule is [B]N1CCC/C(=C(/F)CO)C1. The van der Waals surface area contributed by atoms with E-state index < -0.39 is 12.4 Å². The van der Waals surface area contributed by atoms with Gasteiger partial charge in [-0.2, -0.15) is 0 Å². The molecule has 0 unspecified atom stereocenters. The molecule has 1 fully saturated rings. The second kappa shape index (κ2) is 3.88. The van der Waals surface area contributed by atoms with Crippen LogP contribution in [0.5, 0.6) is 0 Å². The Morgan fingerprint density at radius 3 is 3.00 bits per heavy atom. The zero-order valence-electron chi connectivity index (χ0n) is 6.39. The lowest BCUT2D eigenvalue weighted by Crippen LogP contribution is -2.29. The summed E-state index contributed by atoms with van der Waals surface area (Å²) < 4.78 is 12.7. The molecule has 1 heterocycles. The number of aliphatic hydroxyl groups is 1. The lowest BCUT2D eigenvalue weighted by Gasteiger charge is -2.25. The second-order valence-corrected chi connectivity index (χ2v) is 2.74. The standard InChI is InChI=1S/C7H11BFNO/c8-10-3-1-2-6(4-10)7(9)5-11/h11H,1-5H2/b7-6-. The highest BCUT2D eigenvalue weighted by Gasteiger charge is 2.13. The van der Waals surface area contributed by atoms with Gasteiger partial charge in [0, 0.05) is 6.54 Å². The molecule has 0 aliphatic carbocycles. The van der Waals surface area contributed by atoms with Crippen LogP contribution < -0.4 is 0 Å². The molecule has 4 heteroatoms. The highest BCUT2D eigenvalue weighted by molar-refractivity contribution is 6.04. The van der Waals surface area contributed by atoms with Crippen LogP contribution in [0.15, 0.2) is 11.4 Å². The van der Waals surface area contributed by atoms with E-state index in [-0.39, 0.29) is 0 Å². The molecule has 0 saturated carbocycles. The molecule has 0 bridgehead atoms. The number of rotatable bonds is 1. The molecule has 0 aromatic carbocycles. The predicted octanol–water partition coefficient (Wildman–Crippen LogP) is 0.382. The minimum atomic E-state index is -0.497. The third kappa shape index (κ3) is 2.31. The Morgan fingerprint density at radius 2 is 2.45 bits per heavy atom. The minimum Gasteiger partial charge on any atom is -0.389 e. The van der Waals surface area contributed by atoms with Crippen LogP contribution in [0.3, 0.4) is 0 Å². The molecule has 1 rings (SSSR count). The molecule has 0 aromatic rings. The monoisotopic (exact) mass is 155 g/mol. The fourth-order valence-corrected chi connectivity index (χ4v) is 1.23. The van der Waals surface area contributed by atoms with Crippen LogP contribution in [-0.2, 0) is 0 Å². The Morgan fingerprint density at radius 1 is 1.73 bits per heavy atom. The van der Waals surface area contributed by atoms with Crippen molar-refractivity contribution in [2.45, 2.75) is 12.8 Å². The number of aliphatic hydroxyl groups excluding tert-OH is 1. The Labute approximate surface area is 67.1 Å². The first-order chi connectivity index (χ1) is 5.24. The molecule has 1 saturated heterocycles. The zero-order chi connectivity index (χ0) is 8.27. The molecule has 60 valence electrons. The first kappa shape index (κ1) is 8.75. The Bertz CT molecular complexity index is 172. The van der Waals surface area contributed by atoms with Crippen LogP contribution in [0.25, 0.3) is 0 Å². The number of hydrogen-bond donors (Lipinski definition) is 1. The van der Waals surface area contributed by atoms with Crippen LogP contribution in [0.2, 0.25) is 0 Å². The van der Waals surface area contributed by atoms with Crippen molar-refractivity contribution < 1.29 is 9.50 Å². The molecular formula is C7H11BFNO. The van der Waals surface area contributed by atoms with E-state index >= 15 is 0 Å². The summed E-state index contributed by atoms with van der Waals surface area (Å²) >= 11 is 0. The van der Waals surface area contributed by atoms with Gasteiger partial charge in [-0.25, -0.2) is 4.39 Å². The predicted molar refractivity (Wildman–Crippen MR) is 41.8 cm³/mol. The lowest BCUT2D eigenvalue weighted by atomic mass is 10.0. The van der Waals surface area contributed by atoms with Crippen molar-refractivity contribution >= 4 is 7.98 Å². The van der Waals surface area contributed by atoms with Gasteiger partial charge >= 0.3 is 0 Å². The summed E-state index contributed by atoms with van der Waals surface area (Å²) in [6.07, 6.45) is 1.60. The van der Waals surface area contributed by atoms with Crippen molar-refractivity contribution in [2.24, 2.45) is 0 Å². The van der Waals surface area contributed by atoms with Crippen molar-refractivity contribution in [1.82, 2.24) is 4.81 Å². The molecular weight excluding hydrogens is 144 g/mol. The van der Waals surface area contributed by atoms with E-state index in [1.54, 1.807) is 4.81 Å². The highest BCUT2D eigenvalue weighted by Crippen LogP contribution is 2.17. The summed E-state index contributed by atoms with van der Waals surface area (Å²) in [5.74, 6) is -0.417.